The van der Waals surface area contributed by atoms with Crippen molar-refractivity contribution in [3.8, 4) is 0 Å². The lowest BCUT2D eigenvalue weighted by Crippen LogP contribution is -2.19. The number of rotatable bonds is 2. The minimum absolute atomic E-state index is 0.258. The highest BCUT2D eigenvalue weighted by atomic mass is 79.9. The van der Waals surface area contributed by atoms with Gasteiger partial charge in [-0.2, -0.15) is 0 Å². The monoisotopic (exact) mass is 299 g/mol. The maximum Gasteiger partial charge on any atom is 0.241 e. The lowest BCUT2D eigenvalue weighted by molar-refractivity contribution is 0.588. The molecule has 16 heavy (non-hydrogen) atoms. The summed E-state index contributed by atoms with van der Waals surface area (Å²) in [5.74, 6) is 0. The van der Waals surface area contributed by atoms with E-state index in [4.69, 9.17) is 0 Å². The molecule has 0 aliphatic carbocycles. The second kappa shape index (κ2) is 4.16. The molecule has 0 saturated carbocycles. The van der Waals surface area contributed by atoms with Crippen LogP contribution in [0.5, 0.6) is 0 Å². The van der Waals surface area contributed by atoms with Crippen molar-refractivity contribution in [1.82, 2.24) is 4.72 Å². The molecule has 5 heteroatoms. The fourth-order valence-electron chi connectivity index (χ4n) is 1.53. The Morgan fingerprint density at radius 2 is 1.81 bits per heavy atom. The van der Waals surface area contributed by atoms with Gasteiger partial charge in [0.05, 0.1) is 4.90 Å². The Hall–Kier alpha value is -0.910. The van der Waals surface area contributed by atoms with E-state index in [2.05, 4.69) is 20.7 Å². The van der Waals surface area contributed by atoms with Crippen molar-refractivity contribution in [2.75, 3.05) is 7.05 Å². The molecular formula is C11H10BrNO2S. The lowest BCUT2D eigenvalue weighted by Gasteiger charge is -2.07. The van der Waals surface area contributed by atoms with Gasteiger partial charge in [0.1, 0.15) is 0 Å². The van der Waals surface area contributed by atoms with Crippen LogP contribution < -0.4 is 4.72 Å². The molecular weight excluding hydrogens is 290 g/mol. The predicted octanol–water partition coefficient (Wildman–Crippen LogP) is 2.51. The van der Waals surface area contributed by atoms with Gasteiger partial charge in [-0.05, 0) is 39.8 Å². The largest absolute Gasteiger partial charge is 0.241 e. The highest BCUT2D eigenvalue weighted by Crippen LogP contribution is 2.30. The number of hydrogen-bond acceptors (Lipinski definition) is 2. The molecule has 84 valence electrons. The van der Waals surface area contributed by atoms with Gasteiger partial charge < -0.3 is 0 Å². The van der Waals surface area contributed by atoms with Crippen molar-refractivity contribution in [2.45, 2.75) is 4.90 Å². The molecule has 0 radical (unpaired) electrons. The zero-order valence-electron chi connectivity index (χ0n) is 8.57. The van der Waals surface area contributed by atoms with Crippen LogP contribution in [0.2, 0.25) is 0 Å². The van der Waals surface area contributed by atoms with Crippen molar-refractivity contribution in [2.24, 2.45) is 0 Å². The SMILES string of the molecule is CNS(=O)(=O)c1ccc2ccccc2c1Br. The summed E-state index contributed by atoms with van der Waals surface area (Å²) in [4.78, 5) is 0.258. The number of benzene rings is 2. The van der Waals surface area contributed by atoms with Crippen molar-refractivity contribution in [1.29, 1.82) is 0 Å². The van der Waals surface area contributed by atoms with Crippen molar-refractivity contribution >= 4 is 36.7 Å². The van der Waals surface area contributed by atoms with E-state index >= 15 is 0 Å². The number of fused-ring (bicyclic) bond motifs is 1. The molecule has 0 aliphatic rings. The van der Waals surface area contributed by atoms with Crippen LogP contribution in [-0.2, 0) is 10.0 Å². The molecule has 0 aromatic heterocycles. The molecule has 0 saturated heterocycles. The summed E-state index contributed by atoms with van der Waals surface area (Å²) in [6.45, 7) is 0. The molecule has 3 nitrogen and oxygen atoms in total. The number of halogens is 1. The summed E-state index contributed by atoms with van der Waals surface area (Å²) in [5, 5.41) is 1.89. The molecule has 0 spiro atoms. The molecule has 2 rings (SSSR count). The summed E-state index contributed by atoms with van der Waals surface area (Å²) in [6, 6.07) is 11.0. The van der Waals surface area contributed by atoms with Crippen molar-refractivity contribution < 1.29 is 8.42 Å². The van der Waals surface area contributed by atoms with E-state index in [1.807, 2.05) is 24.3 Å². The Labute approximate surface area is 103 Å². The standard InChI is InChI=1S/C11H10BrNO2S/c1-13-16(14,15)10-7-6-8-4-2-3-5-9(8)11(10)12/h2-7,13H,1H3. The molecule has 0 bridgehead atoms. The summed E-state index contributed by atoms with van der Waals surface area (Å²) < 4.78 is 26.4. The van der Waals surface area contributed by atoms with E-state index in [0.717, 1.165) is 10.8 Å². The lowest BCUT2D eigenvalue weighted by atomic mass is 10.1. The van der Waals surface area contributed by atoms with Gasteiger partial charge in [-0.1, -0.05) is 30.3 Å². The maximum atomic E-state index is 11.7. The fourth-order valence-corrected chi connectivity index (χ4v) is 3.48. The van der Waals surface area contributed by atoms with Crippen molar-refractivity contribution in [3.05, 3.63) is 40.9 Å². The zero-order valence-corrected chi connectivity index (χ0v) is 11.0. The molecule has 2 aromatic carbocycles. The third-order valence-electron chi connectivity index (χ3n) is 2.39. The second-order valence-corrected chi connectivity index (χ2v) is 5.95. The quantitative estimate of drug-likeness (QED) is 0.926. The molecule has 0 unspecified atom stereocenters. The summed E-state index contributed by atoms with van der Waals surface area (Å²) in [6.07, 6.45) is 0. The topological polar surface area (TPSA) is 46.2 Å². The van der Waals surface area contributed by atoms with Crippen LogP contribution in [0.1, 0.15) is 0 Å². The second-order valence-electron chi connectivity index (χ2n) is 3.31. The van der Waals surface area contributed by atoms with Crippen LogP contribution in [0, 0.1) is 0 Å². The third-order valence-corrected chi connectivity index (χ3v) is 4.96. The Morgan fingerprint density at radius 1 is 1.12 bits per heavy atom. The summed E-state index contributed by atoms with van der Waals surface area (Å²) >= 11 is 3.34. The summed E-state index contributed by atoms with van der Waals surface area (Å²) in [7, 11) is -2.02. The van der Waals surface area contributed by atoms with Gasteiger partial charge in [-0.3, -0.25) is 0 Å². The van der Waals surface area contributed by atoms with E-state index in [1.54, 1.807) is 12.1 Å². The van der Waals surface area contributed by atoms with Gasteiger partial charge >= 0.3 is 0 Å². The average Bonchev–Trinajstić information content (AvgIpc) is 2.29. The molecule has 0 aliphatic heterocycles. The average molecular weight is 300 g/mol. The molecule has 1 N–H and O–H groups in total. The van der Waals surface area contributed by atoms with Crippen LogP contribution in [-0.4, -0.2) is 15.5 Å². The first-order valence-electron chi connectivity index (χ1n) is 4.67. The molecule has 0 fully saturated rings. The van der Waals surface area contributed by atoms with Gasteiger partial charge in [-0.25, -0.2) is 13.1 Å². The van der Waals surface area contributed by atoms with E-state index in [-0.39, 0.29) is 4.90 Å². The Morgan fingerprint density at radius 3 is 2.50 bits per heavy atom. The first kappa shape index (κ1) is 11.6. The van der Waals surface area contributed by atoms with E-state index in [0.29, 0.717) is 4.47 Å². The van der Waals surface area contributed by atoms with Crippen LogP contribution in [0.25, 0.3) is 10.8 Å². The number of nitrogens with one attached hydrogen (secondary N) is 1. The Kier molecular flexibility index (Phi) is 3.01. The normalized spacial score (nSPS) is 11.9. The van der Waals surface area contributed by atoms with Crippen LogP contribution in [0.3, 0.4) is 0 Å². The minimum Gasteiger partial charge on any atom is -0.214 e. The van der Waals surface area contributed by atoms with E-state index < -0.39 is 10.0 Å². The Balaban J connectivity index is 2.80. The smallest absolute Gasteiger partial charge is 0.214 e. The first-order chi connectivity index (χ1) is 7.56. The van der Waals surface area contributed by atoms with Gasteiger partial charge in [0.15, 0.2) is 0 Å². The first-order valence-corrected chi connectivity index (χ1v) is 6.94. The van der Waals surface area contributed by atoms with E-state index in [1.165, 1.54) is 7.05 Å². The number of hydrogen-bond donors (Lipinski definition) is 1. The zero-order chi connectivity index (χ0) is 11.8. The fraction of sp³-hybridized carbons (Fsp3) is 0.0909. The van der Waals surface area contributed by atoms with Crippen LogP contribution in [0.4, 0.5) is 0 Å². The third kappa shape index (κ3) is 1.86. The van der Waals surface area contributed by atoms with Crippen LogP contribution >= 0.6 is 15.9 Å². The van der Waals surface area contributed by atoms with Gasteiger partial charge in [0, 0.05) is 4.47 Å². The molecule has 0 amide bonds. The highest BCUT2D eigenvalue weighted by Gasteiger charge is 2.16. The number of sulfonamides is 1. The predicted molar refractivity (Wildman–Crippen MR) is 67.9 cm³/mol. The van der Waals surface area contributed by atoms with Gasteiger partial charge in [0.25, 0.3) is 0 Å². The highest BCUT2D eigenvalue weighted by molar-refractivity contribution is 9.10. The molecule has 0 heterocycles. The van der Waals surface area contributed by atoms with Gasteiger partial charge in [-0.15, -0.1) is 0 Å². The summed E-state index contributed by atoms with van der Waals surface area (Å²) in [5.41, 5.74) is 0. The maximum absolute atomic E-state index is 11.7. The Bertz CT molecular complexity index is 637. The van der Waals surface area contributed by atoms with Crippen molar-refractivity contribution in [3.63, 3.8) is 0 Å². The van der Waals surface area contributed by atoms with Gasteiger partial charge in [0.2, 0.25) is 10.0 Å². The van der Waals surface area contributed by atoms with E-state index in [9.17, 15) is 8.42 Å². The molecule has 2 aromatic rings. The van der Waals surface area contributed by atoms with Crippen LogP contribution in [0.15, 0.2) is 45.8 Å². The minimum atomic E-state index is -3.42. The molecule has 0 atom stereocenters.